The summed E-state index contributed by atoms with van der Waals surface area (Å²) in [6, 6.07) is 0. The molecule has 0 aromatic carbocycles. The van der Waals surface area contributed by atoms with Crippen molar-refractivity contribution in [2.24, 2.45) is 0 Å². The molecule has 0 aliphatic rings. The second kappa shape index (κ2) is 8.83. The van der Waals surface area contributed by atoms with Gasteiger partial charge in [0.2, 0.25) is 0 Å². The Kier molecular flexibility index (Phi) is 26.8. The van der Waals surface area contributed by atoms with Crippen LogP contribution >= 0.6 is 0 Å². The van der Waals surface area contributed by atoms with Gasteiger partial charge in [0, 0.05) is 6.92 Å². The maximum atomic E-state index is 9.00. The molecule has 0 spiro atoms. The van der Waals surface area contributed by atoms with E-state index < -0.39 is 5.97 Å². The van der Waals surface area contributed by atoms with Gasteiger partial charge in [-0.25, -0.2) is 0 Å². The van der Waals surface area contributed by atoms with Crippen LogP contribution in [0.5, 0.6) is 0 Å². The van der Waals surface area contributed by atoms with Crippen LogP contribution in [0.2, 0.25) is 0 Å². The van der Waals surface area contributed by atoms with E-state index >= 15 is 0 Å². The molecule has 6 heavy (non-hydrogen) atoms. The minimum atomic E-state index is -0.833. The number of hydrogen-bond acceptors (Lipinski definition) is 3. The Labute approximate surface area is 36.3 Å². The SMILES string of the molecule is CC(=O)O.N.N. The van der Waals surface area contributed by atoms with Crippen molar-refractivity contribution in [3.05, 3.63) is 0 Å². The molecule has 0 aromatic heterocycles. The van der Waals surface area contributed by atoms with Crippen molar-refractivity contribution in [3.8, 4) is 0 Å². The van der Waals surface area contributed by atoms with Crippen LogP contribution in [0.1, 0.15) is 6.92 Å². The molecule has 0 saturated heterocycles. The summed E-state index contributed by atoms with van der Waals surface area (Å²) in [5, 5.41) is 7.42. The molecular formula is C2H10N2O2. The molecule has 0 heterocycles. The summed E-state index contributed by atoms with van der Waals surface area (Å²) in [6.07, 6.45) is 0. The predicted octanol–water partition coefficient (Wildman–Crippen LogP) is 0.415. The summed E-state index contributed by atoms with van der Waals surface area (Å²) in [5.41, 5.74) is 0. The minimum Gasteiger partial charge on any atom is -0.481 e. The summed E-state index contributed by atoms with van der Waals surface area (Å²) in [6.45, 7) is 1.08. The van der Waals surface area contributed by atoms with E-state index in [1.54, 1.807) is 0 Å². The first-order valence-corrected chi connectivity index (χ1v) is 0.928. The first-order valence-electron chi connectivity index (χ1n) is 0.928. The molecule has 40 valence electrons. The van der Waals surface area contributed by atoms with Crippen LogP contribution in [0.4, 0.5) is 0 Å². The summed E-state index contributed by atoms with van der Waals surface area (Å²) in [5.74, 6) is -0.833. The number of aliphatic carboxylic acids is 1. The summed E-state index contributed by atoms with van der Waals surface area (Å²) in [7, 11) is 0. The topological polar surface area (TPSA) is 107 Å². The van der Waals surface area contributed by atoms with Crippen LogP contribution < -0.4 is 12.3 Å². The van der Waals surface area contributed by atoms with E-state index in [2.05, 4.69) is 0 Å². The highest BCUT2D eigenvalue weighted by atomic mass is 16.4. The fourth-order valence-electron chi connectivity index (χ4n) is 0. The average Bonchev–Trinajstić information content (AvgIpc) is 0.811. The summed E-state index contributed by atoms with van der Waals surface area (Å²) >= 11 is 0. The van der Waals surface area contributed by atoms with Crippen LogP contribution in [0.15, 0.2) is 0 Å². The maximum Gasteiger partial charge on any atom is 0.300 e. The van der Waals surface area contributed by atoms with Crippen LogP contribution in [0.3, 0.4) is 0 Å². The molecule has 0 bridgehead atoms. The molecule has 0 saturated carbocycles. The van der Waals surface area contributed by atoms with Crippen LogP contribution in [-0.2, 0) is 4.79 Å². The molecule has 0 fully saturated rings. The molecule has 0 rings (SSSR count). The standard InChI is InChI=1S/C2H4O2.2H3N/c1-2(3)4;;/h1H3,(H,3,4);2*1H3. The largest absolute Gasteiger partial charge is 0.481 e. The highest BCUT2D eigenvalue weighted by Crippen LogP contribution is 1.42. The van der Waals surface area contributed by atoms with Gasteiger partial charge in [0.1, 0.15) is 0 Å². The molecule has 0 aliphatic carbocycles. The van der Waals surface area contributed by atoms with Gasteiger partial charge in [0.15, 0.2) is 0 Å². The quantitative estimate of drug-likeness (QED) is 0.404. The highest BCUT2D eigenvalue weighted by molar-refractivity contribution is 5.62. The van der Waals surface area contributed by atoms with Gasteiger partial charge in [-0.2, -0.15) is 0 Å². The number of carboxylic acids is 1. The second-order valence-corrected chi connectivity index (χ2v) is 0.519. The van der Waals surface area contributed by atoms with Crippen molar-refractivity contribution in [2.75, 3.05) is 0 Å². The monoisotopic (exact) mass is 94.1 g/mol. The van der Waals surface area contributed by atoms with Gasteiger partial charge in [-0.3, -0.25) is 4.79 Å². The molecule has 0 aliphatic heterocycles. The molecule has 7 N–H and O–H groups in total. The zero-order valence-electron chi connectivity index (χ0n) is 3.77. The molecular weight excluding hydrogens is 84.0 g/mol. The average molecular weight is 94.1 g/mol. The van der Waals surface area contributed by atoms with Crippen molar-refractivity contribution in [1.82, 2.24) is 12.3 Å². The zero-order chi connectivity index (χ0) is 3.58. The maximum absolute atomic E-state index is 9.00. The lowest BCUT2D eigenvalue weighted by atomic mass is 10.9. The lowest BCUT2D eigenvalue weighted by molar-refractivity contribution is -0.134. The van der Waals surface area contributed by atoms with Gasteiger partial charge in [-0.1, -0.05) is 0 Å². The molecule has 4 nitrogen and oxygen atoms in total. The van der Waals surface area contributed by atoms with Crippen molar-refractivity contribution in [3.63, 3.8) is 0 Å². The molecule has 0 amide bonds. The van der Waals surface area contributed by atoms with Crippen molar-refractivity contribution in [1.29, 1.82) is 0 Å². The van der Waals surface area contributed by atoms with Gasteiger partial charge >= 0.3 is 0 Å². The number of rotatable bonds is 0. The van der Waals surface area contributed by atoms with E-state index in [9.17, 15) is 0 Å². The third kappa shape index (κ3) is 52.0. The Bertz CT molecular complexity index is 32.5. The van der Waals surface area contributed by atoms with E-state index in [-0.39, 0.29) is 12.3 Å². The Morgan fingerprint density at radius 3 is 1.50 bits per heavy atom. The molecule has 0 atom stereocenters. The first-order chi connectivity index (χ1) is 1.73. The molecule has 4 heteroatoms. The Balaban J connectivity index is -0.0000000450. The van der Waals surface area contributed by atoms with Crippen molar-refractivity contribution in [2.45, 2.75) is 6.92 Å². The van der Waals surface area contributed by atoms with Gasteiger partial charge in [0.25, 0.3) is 5.97 Å². The van der Waals surface area contributed by atoms with Gasteiger partial charge in [-0.15, -0.1) is 0 Å². The first kappa shape index (κ1) is 18.2. The van der Waals surface area contributed by atoms with Gasteiger partial charge in [0.05, 0.1) is 0 Å². The second-order valence-electron chi connectivity index (χ2n) is 0.519. The number of carboxylic acid groups (broad SMARTS) is 1. The van der Waals surface area contributed by atoms with Crippen LogP contribution in [0.25, 0.3) is 0 Å². The van der Waals surface area contributed by atoms with Gasteiger partial charge < -0.3 is 17.4 Å². The lowest BCUT2D eigenvalue weighted by Gasteiger charge is -1.59. The lowest BCUT2D eigenvalue weighted by Crippen LogP contribution is -1.78. The predicted molar refractivity (Wildman–Crippen MR) is 23.4 cm³/mol. The number of hydrogen-bond donors (Lipinski definition) is 3. The molecule has 0 radical (unpaired) electrons. The van der Waals surface area contributed by atoms with E-state index in [1.807, 2.05) is 0 Å². The van der Waals surface area contributed by atoms with Crippen LogP contribution in [-0.4, -0.2) is 11.1 Å². The Morgan fingerprint density at radius 2 is 1.50 bits per heavy atom. The van der Waals surface area contributed by atoms with Gasteiger partial charge in [-0.05, 0) is 0 Å². The number of carbonyl (C=O) groups is 1. The molecule has 0 aromatic rings. The van der Waals surface area contributed by atoms with Crippen LogP contribution in [0, 0.1) is 0 Å². The fraction of sp³-hybridized carbons (Fsp3) is 0.500. The van der Waals surface area contributed by atoms with Crippen molar-refractivity contribution < 1.29 is 9.90 Å². The smallest absolute Gasteiger partial charge is 0.300 e. The summed E-state index contributed by atoms with van der Waals surface area (Å²) in [4.78, 5) is 9.00. The summed E-state index contributed by atoms with van der Waals surface area (Å²) < 4.78 is 0. The third-order valence-corrected chi connectivity index (χ3v) is 0. The molecule has 0 unspecified atom stereocenters. The zero-order valence-corrected chi connectivity index (χ0v) is 3.77. The normalized spacial score (nSPS) is 4.17. The van der Waals surface area contributed by atoms with E-state index in [4.69, 9.17) is 9.90 Å². The minimum absolute atomic E-state index is 0. The van der Waals surface area contributed by atoms with E-state index in [1.165, 1.54) is 0 Å². The third-order valence-electron chi connectivity index (χ3n) is 0. The van der Waals surface area contributed by atoms with E-state index in [0.717, 1.165) is 6.92 Å². The van der Waals surface area contributed by atoms with Crippen molar-refractivity contribution >= 4 is 5.97 Å². The fourth-order valence-corrected chi connectivity index (χ4v) is 0. The Hall–Kier alpha value is -0.610. The Morgan fingerprint density at radius 1 is 1.50 bits per heavy atom. The highest BCUT2D eigenvalue weighted by Gasteiger charge is 1.65. The van der Waals surface area contributed by atoms with E-state index in [0.29, 0.717) is 0 Å².